The normalized spacial score (nSPS) is 16.0. The molecule has 0 aromatic heterocycles. The lowest BCUT2D eigenvalue weighted by Crippen LogP contribution is -2.20. The zero-order valence-corrected chi connectivity index (χ0v) is 10.8. The Balaban J connectivity index is 0.000000325. The van der Waals surface area contributed by atoms with Crippen molar-refractivity contribution in [1.82, 2.24) is 4.90 Å². The monoisotopic (exact) mass is 231 g/mol. The Morgan fingerprint density at radius 2 is 1.81 bits per heavy atom. The molecule has 1 rings (SSSR count). The largest absolute Gasteiger partial charge is 0.356 e. The van der Waals surface area contributed by atoms with Crippen LogP contribution in [0, 0.1) is 0 Å². The third kappa shape index (κ3) is 8.83. The Bertz CT molecular complexity index is 154. The van der Waals surface area contributed by atoms with E-state index >= 15 is 0 Å². The SMILES string of the molecule is COC(C)OC.O=CCCCN1CCCC1. The van der Waals surface area contributed by atoms with E-state index in [2.05, 4.69) is 14.4 Å². The summed E-state index contributed by atoms with van der Waals surface area (Å²) in [5.74, 6) is 0. The van der Waals surface area contributed by atoms with Gasteiger partial charge < -0.3 is 19.2 Å². The fourth-order valence-electron chi connectivity index (χ4n) is 1.50. The highest BCUT2D eigenvalue weighted by Gasteiger charge is 2.09. The van der Waals surface area contributed by atoms with E-state index in [4.69, 9.17) is 0 Å². The predicted octanol–water partition coefficient (Wildman–Crippen LogP) is 1.69. The summed E-state index contributed by atoms with van der Waals surface area (Å²) in [6.45, 7) is 5.45. The minimum absolute atomic E-state index is 0.0648. The van der Waals surface area contributed by atoms with Gasteiger partial charge >= 0.3 is 0 Å². The van der Waals surface area contributed by atoms with E-state index in [9.17, 15) is 4.79 Å². The van der Waals surface area contributed by atoms with Crippen molar-refractivity contribution in [3.05, 3.63) is 0 Å². The number of unbranched alkanes of at least 4 members (excludes halogenated alkanes) is 1. The van der Waals surface area contributed by atoms with E-state index in [-0.39, 0.29) is 6.29 Å². The van der Waals surface area contributed by atoms with E-state index in [1.54, 1.807) is 14.2 Å². The fourth-order valence-corrected chi connectivity index (χ4v) is 1.50. The van der Waals surface area contributed by atoms with E-state index in [0.29, 0.717) is 0 Å². The lowest BCUT2D eigenvalue weighted by molar-refractivity contribution is -0.108. The lowest BCUT2D eigenvalue weighted by Gasteiger charge is -2.12. The molecule has 4 heteroatoms. The first-order valence-electron chi connectivity index (χ1n) is 5.96. The van der Waals surface area contributed by atoms with E-state index in [1.165, 1.54) is 25.9 Å². The van der Waals surface area contributed by atoms with E-state index in [0.717, 1.165) is 25.7 Å². The second kappa shape index (κ2) is 11.0. The highest BCUT2D eigenvalue weighted by Crippen LogP contribution is 2.07. The van der Waals surface area contributed by atoms with Crippen molar-refractivity contribution in [2.45, 2.75) is 38.9 Å². The molecule has 0 radical (unpaired) electrons. The molecular formula is C12H25NO3. The number of carbonyl (C=O) groups excluding carboxylic acids is 1. The molecule has 16 heavy (non-hydrogen) atoms. The molecule has 0 unspecified atom stereocenters. The minimum atomic E-state index is -0.0648. The third-order valence-electron chi connectivity index (χ3n) is 2.66. The van der Waals surface area contributed by atoms with Crippen LogP contribution < -0.4 is 0 Å². The molecule has 1 heterocycles. The zero-order valence-electron chi connectivity index (χ0n) is 10.8. The molecule has 1 saturated heterocycles. The number of nitrogens with zero attached hydrogens (tertiary/aromatic N) is 1. The van der Waals surface area contributed by atoms with Crippen LogP contribution in [0.3, 0.4) is 0 Å². The minimum Gasteiger partial charge on any atom is -0.356 e. The highest BCUT2D eigenvalue weighted by atomic mass is 16.7. The molecule has 0 aromatic carbocycles. The van der Waals surface area contributed by atoms with Crippen molar-refractivity contribution < 1.29 is 14.3 Å². The maximum absolute atomic E-state index is 9.96. The molecule has 0 saturated carbocycles. The molecule has 0 atom stereocenters. The summed E-state index contributed by atoms with van der Waals surface area (Å²) in [5, 5.41) is 0. The number of ether oxygens (including phenoxy) is 2. The highest BCUT2D eigenvalue weighted by molar-refractivity contribution is 5.48. The summed E-state index contributed by atoms with van der Waals surface area (Å²) in [6.07, 6.45) is 5.42. The molecule has 0 amide bonds. The van der Waals surface area contributed by atoms with Gasteiger partial charge in [-0.05, 0) is 45.8 Å². The Hall–Kier alpha value is -0.450. The van der Waals surface area contributed by atoms with Gasteiger partial charge in [-0.3, -0.25) is 0 Å². The third-order valence-corrected chi connectivity index (χ3v) is 2.66. The van der Waals surface area contributed by atoms with Gasteiger partial charge in [0.15, 0.2) is 6.29 Å². The standard InChI is InChI=1S/C8H15NO.C4H10O2/c10-8-4-3-7-9-5-1-2-6-9;1-4(5-2)6-3/h8H,1-7H2;4H,1-3H3. The zero-order chi connectivity index (χ0) is 12.2. The van der Waals surface area contributed by atoms with Crippen molar-refractivity contribution >= 4 is 6.29 Å². The molecule has 1 fully saturated rings. The van der Waals surface area contributed by atoms with Gasteiger partial charge in [0.05, 0.1) is 0 Å². The van der Waals surface area contributed by atoms with Crippen molar-refractivity contribution in [1.29, 1.82) is 0 Å². The molecule has 0 spiro atoms. The first-order chi connectivity index (χ1) is 7.74. The molecule has 96 valence electrons. The van der Waals surface area contributed by atoms with E-state index < -0.39 is 0 Å². The van der Waals surface area contributed by atoms with Crippen LogP contribution in [-0.4, -0.2) is 51.3 Å². The van der Waals surface area contributed by atoms with Gasteiger partial charge in [-0.1, -0.05) is 0 Å². The van der Waals surface area contributed by atoms with Crippen molar-refractivity contribution in [3.8, 4) is 0 Å². The predicted molar refractivity (Wildman–Crippen MR) is 64.5 cm³/mol. The number of likely N-dealkylation sites (tertiary alicyclic amines) is 1. The topological polar surface area (TPSA) is 38.8 Å². The lowest BCUT2D eigenvalue weighted by atomic mass is 10.3. The quantitative estimate of drug-likeness (QED) is 0.396. The summed E-state index contributed by atoms with van der Waals surface area (Å²) in [5.41, 5.74) is 0. The van der Waals surface area contributed by atoms with Gasteiger partial charge in [-0.2, -0.15) is 0 Å². The maximum atomic E-state index is 9.96. The van der Waals surface area contributed by atoms with Crippen LogP contribution in [0.1, 0.15) is 32.6 Å². The van der Waals surface area contributed by atoms with Crippen LogP contribution in [0.15, 0.2) is 0 Å². The fraction of sp³-hybridized carbons (Fsp3) is 0.917. The van der Waals surface area contributed by atoms with Crippen LogP contribution in [0.5, 0.6) is 0 Å². The van der Waals surface area contributed by atoms with Crippen LogP contribution >= 0.6 is 0 Å². The molecule has 0 N–H and O–H groups in total. The number of hydrogen-bond donors (Lipinski definition) is 0. The first kappa shape index (κ1) is 15.6. The Morgan fingerprint density at radius 3 is 2.19 bits per heavy atom. The number of rotatable bonds is 6. The Labute approximate surface area is 98.9 Å². The number of carbonyl (C=O) groups is 1. The smallest absolute Gasteiger partial charge is 0.154 e. The first-order valence-corrected chi connectivity index (χ1v) is 5.96. The van der Waals surface area contributed by atoms with Gasteiger partial charge in [0.2, 0.25) is 0 Å². The summed E-state index contributed by atoms with van der Waals surface area (Å²) in [7, 11) is 3.21. The summed E-state index contributed by atoms with van der Waals surface area (Å²) >= 11 is 0. The molecule has 4 nitrogen and oxygen atoms in total. The Morgan fingerprint density at radius 1 is 1.25 bits per heavy atom. The summed E-state index contributed by atoms with van der Waals surface area (Å²) in [6, 6.07) is 0. The maximum Gasteiger partial charge on any atom is 0.154 e. The van der Waals surface area contributed by atoms with Gasteiger partial charge in [0, 0.05) is 20.6 Å². The van der Waals surface area contributed by atoms with Gasteiger partial charge in [-0.25, -0.2) is 0 Å². The molecular weight excluding hydrogens is 206 g/mol. The van der Waals surface area contributed by atoms with Gasteiger partial charge in [0.1, 0.15) is 6.29 Å². The van der Waals surface area contributed by atoms with Crippen molar-refractivity contribution in [2.24, 2.45) is 0 Å². The van der Waals surface area contributed by atoms with Crippen LogP contribution in [0.2, 0.25) is 0 Å². The van der Waals surface area contributed by atoms with Crippen LogP contribution in [0.25, 0.3) is 0 Å². The molecule has 1 aliphatic rings. The Kier molecular flexibility index (Phi) is 10.7. The van der Waals surface area contributed by atoms with Gasteiger partial charge in [0.25, 0.3) is 0 Å². The van der Waals surface area contributed by atoms with Crippen molar-refractivity contribution in [3.63, 3.8) is 0 Å². The molecule has 0 aromatic rings. The average Bonchev–Trinajstić information content (AvgIpc) is 2.82. The summed E-state index contributed by atoms with van der Waals surface area (Å²) in [4.78, 5) is 12.4. The summed E-state index contributed by atoms with van der Waals surface area (Å²) < 4.78 is 9.35. The van der Waals surface area contributed by atoms with Crippen LogP contribution in [-0.2, 0) is 14.3 Å². The molecule has 0 bridgehead atoms. The number of aldehydes is 1. The second-order valence-electron chi connectivity index (χ2n) is 3.90. The van der Waals surface area contributed by atoms with E-state index in [1.807, 2.05) is 6.92 Å². The molecule has 1 aliphatic heterocycles. The average molecular weight is 231 g/mol. The van der Waals surface area contributed by atoms with Crippen molar-refractivity contribution in [2.75, 3.05) is 33.9 Å². The van der Waals surface area contributed by atoms with Gasteiger partial charge in [-0.15, -0.1) is 0 Å². The van der Waals surface area contributed by atoms with Crippen LogP contribution in [0.4, 0.5) is 0 Å². The number of methoxy groups -OCH3 is 2. The second-order valence-corrected chi connectivity index (χ2v) is 3.90. The number of hydrogen-bond acceptors (Lipinski definition) is 4. The molecule has 0 aliphatic carbocycles.